The molecule has 0 aliphatic carbocycles. The number of sulfonamides is 1. The van der Waals surface area contributed by atoms with Crippen molar-refractivity contribution < 1.29 is 27.1 Å². The first kappa shape index (κ1) is 28.9. The number of ether oxygens (including phenoxy) is 1. The van der Waals surface area contributed by atoms with E-state index in [9.17, 15) is 22.4 Å². The quantitative estimate of drug-likeness (QED) is 0.378. The lowest BCUT2D eigenvalue weighted by atomic mass is 10.1. The Morgan fingerprint density at radius 1 is 1.05 bits per heavy atom. The maximum absolute atomic E-state index is 13.7. The highest BCUT2D eigenvalue weighted by Gasteiger charge is 2.32. The van der Waals surface area contributed by atoms with Gasteiger partial charge in [-0.1, -0.05) is 23.7 Å². The van der Waals surface area contributed by atoms with Gasteiger partial charge in [0, 0.05) is 18.6 Å². The zero-order chi connectivity index (χ0) is 27.9. The molecule has 3 aromatic carbocycles. The van der Waals surface area contributed by atoms with Gasteiger partial charge in [0.15, 0.2) is 0 Å². The van der Waals surface area contributed by atoms with E-state index in [0.717, 1.165) is 16.4 Å². The summed E-state index contributed by atoms with van der Waals surface area (Å²) in [5, 5.41) is 2.97. The molecule has 1 atom stereocenters. The summed E-state index contributed by atoms with van der Waals surface area (Å²) in [5.74, 6) is -1.14. The van der Waals surface area contributed by atoms with Crippen molar-refractivity contribution in [3.8, 4) is 5.75 Å². The molecule has 0 unspecified atom stereocenters. The third-order valence-electron chi connectivity index (χ3n) is 5.77. The summed E-state index contributed by atoms with van der Waals surface area (Å²) in [6, 6.07) is 16.4. The zero-order valence-corrected chi connectivity index (χ0v) is 22.8. The minimum absolute atomic E-state index is 0.00827. The normalized spacial score (nSPS) is 11.9. The number of halogens is 2. The van der Waals surface area contributed by atoms with Crippen LogP contribution in [0, 0.1) is 5.82 Å². The Morgan fingerprint density at radius 2 is 1.71 bits per heavy atom. The number of amides is 2. The molecule has 0 saturated carbocycles. The van der Waals surface area contributed by atoms with Crippen LogP contribution in [-0.2, 0) is 26.2 Å². The van der Waals surface area contributed by atoms with Gasteiger partial charge in [-0.2, -0.15) is 0 Å². The number of benzene rings is 3. The van der Waals surface area contributed by atoms with E-state index in [1.54, 1.807) is 31.2 Å². The van der Waals surface area contributed by atoms with E-state index in [1.807, 2.05) is 6.92 Å². The lowest BCUT2D eigenvalue weighted by Crippen LogP contribution is -2.50. The van der Waals surface area contributed by atoms with E-state index in [0.29, 0.717) is 22.9 Å². The molecule has 0 aromatic heterocycles. The van der Waals surface area contributed by atoms with Crippen LogP contribution in [0.15, 0.2) is 77.7 Å². The van der Waals surface area contributed by atoms with Gasteiger partial charge in [-0.25, -0.2) is 12.8 Å². The number of hydrogen-bond donors (Lipinski definition) is 1. The van der Waals surface area contributed by atoms with Crippen LogP contribution in [0.4, 0.5) is 10.1 Å². The fourth-order valence-corrected chi connectivity index (χ4v) is 5.39. The molecule has 2 amide bonds. The Kier molecular flexibility index (Phi) is 9.71. The van der Waals surface area contributed by atoms with E-state index >= 15 is 0 Å². The number of nitrogens with one attached hydrogen (secondary N) is 1. The van der Waals surface area contributed by atoms with Gasteiger partial charge in [-0.15, -0.1) is 0 Å². The predicted octanol–water partition coefficient (Wildman–Crippen LogP) is 4.24. The molecule has 0 radical (unpaired) electrons. The summed E-state index contributed by atoms with van der Waals surface area (Å²) >= 11 is 6.10. The molecule has 0 saturated heterocycles. The number of rotatable bonds is 11. The minimum Gasteiger partial charge on any atom is -0.494 e. The molecule has 11 heteroatoms. The molecule has 0 bridgehead atoms. The number of anilines is 1. The highest BCUT2D eigenvalue weighted by molar-refractivity contribution is 7.92. The van der Waals surface area contributed by atoms with Gasteiger partial charge in [0.2, 0.25) is 11.8 Å². The molecular weight excluding hydrogens is 533 g/mol. The van der Waals surface area contributed by atoms with Crippen molar-refractivity contribution in [2.75, 3.05) is 24.5 Å². The summed E-state index contributed by atoms with van der Waals surface area (Å²) in [6.07, 6.45) is 0. The van der Waals surface area contributed by atoms with Crippen molar-refractivity contribution in [3.63, 3.8) is 0 Å². The van der Waals surface area contributed by atoms with Gasteiger partial charge in [0.1, 0.15) is 24.2 Å². The van der Waals surface area contributed by atoms with Gasteiger partial charge < -0.3 is 15.0 Å². The first-order valence-corrected chi connectivity index (χ1v) is 13.6. The van der Waals surface area contributed by atoms with Gasteiger partial charge in [0.05, 0.1) is 17.2 Å². The van der Waals surface area contributed by atoms with Gasteiger partial charge in [0.25, 0.3) is 10.0 Å². The van der Waals surface area contributed by atoms with E-state index in [1.165, 1.54) is 48.3 Å². The lowest BCUT2D eigenvalue weighted by molar-refractivity contribution is -0.139. The molecular formula is C27H29ClFN3O5S. The van der Waals surface area contributed by atoms with Gasteiger partial charge >= 0.3 is 0 Å². The maximum atomic E-state index is 13.7. The maximum Gasteiger partial charge on any atom is 0.264 e. The van der Waals surface area contributed by atoms with Crippen LogP contribution >= 0.6 is 11.6 Å². The summed E-state index contributed by atoms with van der Waals surface area (Å²) in [5.41, 5.74) is 0.744. The second kappa shape index (κ2) is 12.7. The molecule has 38 heavy (non-hydrogen) atoms. The Labute approximate surface area is 227 Å². The number of carbonyl (C=O) groups is 2. The number of likely N-dealkylation sites (N-methyl/N-ethyl adjacent to an activating group) is 1. The lowest BCUT2D eigenvalue weighted by Gasteiger charge is -2.31. The molecule has 0 aliphatic rings. The Morgan fingerprint density at radius 3 is 2.29 bits per heavy atom. The molecule has 3 aromatic rings. The fraction of sp³-hybridized carbons (Fsp3) is 0.259. The number of hydrogen-bond acceptors (Lipinski definition) is 5. The van der Waals surface area contributed by atoms with Gasteiger partial charge in [-0.3, -0.25) is 13.9 Å². The standard InChI is InChI=1S/C27H29ClFN3O5S/c1-4-37-24-12-14-25(15-13-24)38(35,36)32(23-10-8-22(29)9-11-23)18-26(33)31(19(2)27(34)30-3)17-20-6-5-7-21(28)16-20/h5-16,19H,4,17-18H2,1-3H3,(H,30,34)/t19-/m0/s1. The van der Waals surface area contributed by atoms with E-state index in [4.69, 9.17) is 16.3 Å². The Bertz CT molecular complexity index is 1370. The van der Waals surface area contributed by atoms with E-state index < -0.39 is 40.2 Å². The Hall–Kier alpha value is -3.63. The Balaban J connectivity index is 2.01. The molecule has 0 spiro atoms. The van der Waals surface area contributed by atoms with Crippen LogP contribution in [-0.4, -0.2) is 51.4 Å². The van der Waals surface area contributed by atoms with Crippen molar-refractivity contribution in [2.24, 2.45) is 0 Å². The van der Waals surface area contributed by atoms with Crippen LogP contribution in [0.5, 0.6) is 5.75 Å². The fourth-order valence-electron chi connectivity index (χ4n) is 3.76. The smallest absolute Gasteiger partial charge is 0.264 e. The monoisotopic (exact) mass is 561 g/mol. The number of carbonyl (C=O) groups excluding carboxylic acids is 2. The van der Waals surface area contributed by atoms with Crippen molar-refractivity contribution in [1.29, 1.82) is 0 Å². The van der Waals surface area contributed by atoms with Gasteiger partial charge in [-0.05, 0) is 80.1 Å². The van der Waals surface area contributed by atoms with Crippen LogP contribution < -0.4 is 14.4 Å². The molecule has 0 heterocycles. The average molecular weight is 562 g/mol. The molecule has 8 nitrogen and oxygen atoms in total. The average Bonchev–Trinajstić information content (AvgIpc) is 2.90. The molecule has 0 aliphatic heterocycles. The third kappa shape index (κ3) is 7.02. The number of nitrogens with zero attached hydrogens (tertiary/aromatic N) is 2. The van der Waals surface area contributed by atoms with Crippen molar-refractivity contribution in [2.45, 2.75) is 31.3 Å². The first-order valence-electron chi connectivity index (χ1n) is 11.8. The largest absolute Gasteiger partial charge is 0.494 e. The van der Waals surface area contributed by atoms with E-state index in [2.05, 4.69) is 5.32 Å². The van der Waals surface area contributed by atoms with Crippen LogP contribution in [0.1, 0.15) is 19.4 Å². The molecule has 3 rings (SSSR count). The molecule has 0 fully saturated rings. The summed E-state index contributed by atoms with van der Waals surface area (Å²) in [4.78, 5) is 27.4. The summed E-state index contributed by atoms with van der Waals surface area (Å²) in [7, 11) is -2.83. The molecule has 1 N–H and O–H groups in total. The van der Waals surface area contributed by atoms with Crippen molar-refractivity contribution >= 4 is 39.1 Å². The minimum atomic E-state index is -4.27. The topological polar surface area (TPSA) is 96.0 Å². The van der Waals surface area contributed by atoms with Crippen LogP contribution in [0.25, 0.3) is 0 Å². The summed E-state index contributed by atoms with van der Waals surface area (Å²) < 4.78 is 47.4. The van der Waals surface area contributed by atoms with Crippen molar-refractivity contribution in [3.05, 3.63) is 89.2 Å². The molecule has 202 valence electrons. The second-order valence-corrected chi connectivity index (χ2v) is 10.6. The second-order valence-electron chi connectivity index (χ2n) is 8.33. The van der Waals surface area contributed by atoms with Crippen LogP contribution in [0.3, 0.4) is 0 Å². The van der Waals surface area contributed by atoms with Crippen molar-refractivity contribution in [1.82, 2.24) is 10.2 Å². The first-order chi connectivity index (χ1) is 18.1. The summed E-state index contributed by atoms with van der Waals surface area (Å²) in [6.45, 7) is 3.14. The van der Waals surface area contributed by atoms with E-state index in [-0.39, 0.29) is 17.1 Å². The van der Waals surface area contributed by atoms with Crippen LogP contribution in [0.2, 0.25) is 5.02 Å². The highest BCUT2D eigenvalue weighted by atomic mass is 35.5. The SMILES string of the molecule is CCOc1ccc(S(=O)(=O)N(CC(=O)N(Cc2cccc(Cl)c2)[C@@H](C)C(=O)NC)c2ccc(F)cc2)cc1. The highest BCUT2D eigenvalue weighted by Crippen LogP contribution is 2.26. The predicted molar refractivity (Wildman–Crippen MR) is 144 cm³/mol. The zero-order valence-electron chi connectivity index (χ0n) is 21.2. The third-order valence-corrected chi connectivity index (χ3v) is 7.80.